The number of carbonyl (C=O) groups excluding carboxylic acids is 2. The van der Waals surface area contributed by atoms with E-state index in [9.17, 15) is 9.59 Å². The molecule has 1 atom stereocenters. The number of ether oxygens (including phenoxy) is 4. The molecule has 9 nitrogen and oxygen atoms in total. The molecule has 0 fully saturated rings. The third-order valence-corrected chi connectivity index (χ3v) is 4.95. The largest absolute Gasteiger partial charge is 0.488 e. The first-order valence-electron chi connectivity index (χ1n) is 10.2. The predicted octanol–water partition coefficient (Wildman–Crippen LogP) is 4.48. The monoisotopic (exact) mass is 471 g/mol. The van der Waals surface area contributed by atoms with Crippen LogP contribution in [-0.4, -0.2) is 47.7 Å². The third-order valence-electron chi connectivity index (χ3n) is 4.23. The highest BCUT2D eigenvalue weighted by Crippen LogP contribution is 2.29. The average molecular weight is 472 g/mol. The lowest BCUT2D eigenvalue weighted by Gasteiger charge is -2.16. The van der Waals surface area contributed by atoms with Crippen molar-refractivity contribution in [3.63, 3.8) is 0 Å². The zero-order chi connectivity index (χ0) is 23.8. The van der Waals surface area contributed by atoms with Gasteiger partial charge in [0.2, 0.25) is 5.13 Å². The molecule has 2 aromatic carbocycles. The number of methoxy groups -OCH3 is 1. The summed E-state index contributed by atoms with van der Waals surface area (Å²) in [5.74, 6) is 1.11. The molecule has 10 heteroatoms. The van der Waals surface area contributed by atoms with Gasteiger partial charge in [-0.2, -0.15) is 4.37 Å². The number of aryl methyl sites for hydroxylation is 1. The minimum atomic E-state index is -0.405. The number of nitrogens with one attached hydrogen (secondary N) is 1. The fourth-order valence-electron chi connectivity index (χ4n) is 2.86. The molecule has 1 aromatic heterocycles. The molecule has 174 valence electrons. The molecule has 0 aliphatic rings. The van der Waals surface area contributed by atoms with Crippen LogP contribution < -0.4 is 14.8 Å². The lowest BCUT2D eigenvalue weighted by molar-refractivity contribution is 0.0526. The molecule has 0 aliphatic heterocycles. The maximum atomic E-state index is 12.8. The smallest absolute Gasteiger partial charge is 0.338 e. The first kappa shape index (κ1) is 24.1. The maximum absolute atomic E-state index is 12.8. The topological polar surface area (TPSA) is 109 Å². The Morgan fingerprint density at radius 1 is 1.06 bits per heavy atom. The number of benzene rings is 2. The second-order valence-electron chi connectivity index (χ2n) is 7.02. The minimum Gasteiger partial charge on any atom is -0.488 e. The van der Waals surface area contributed by atoms with Gasteiger partial charge in [0, 0.05) is 30.3 Å². The van der Waals surface area contributed by atoms with E-state index in [1.165, 1.54) is 0 Å². The molecule has 1 heterocycles. The van der Waals surface area contributed by atoms with Crippen LogP contribution in [0.2, 0.25) is 0 Å². The Hall–Kier alpha value is -3.50. The summed E-state index contributed by atoms with van der Waals surface area (Å²) in [6.07, 6.45) is -0.240. The van der Waals surface area contributed by atoms with E-state index in [2.05, 4.69) is 14.7 Å². The minimum absolute atomic E-state index is 0.240. The van der Waals surface area contributed by atoms with Crippen molar-refractivity contribution in [3.05, 3.63) is 59.4 Å². The Labute approximate surface area is 195 Å². The Kier molecular flexibility index (Phi) is 8.34. The molecule has 0 aliphatic carbocycles. The van der Waals surface area contributed by atoms with Crippen molar-refractivity contribution in [3.8, 4) is 17.2 Å². The summed E-state index contributed by atoms with van der Waals surface area (Å²) in [7, 11) is 1.59. The molecule has 33 heavy (non-hydrogen) atoms. The molecular formula is C23H25N3O6S. The molecule has 0 bridgehead atoms. The molecule has 0 radical (unpaired) electrons. The highest BCUT2D eigenvalue weighted by molar-refractivity contribution is 7.09. The summed E-state index contributed by atoms with van der Waals surface area (Å²) in [5, 5.41) is 3.12. The summed E-state index contributed by atoms with van der Waals surface area (Å²) in [4.78, 5) is 28.8. The van der Waals surface area contributed by atoms with Crippen LogP contribution in [0.25, 0.3) is 0 Å². The van der Waals surface area contributed by atoms with Gasteiger partial charge in [0.05, 0.1) is 18.8 Å². The number of hydrogen-bond acceptors (Lipinski definition) is 9. The first-order valence-corrected chi connectivity index (χ1v) is 11.0. The number of rotatable bonds is 10. The van der Waals surface area contributed by atoms with Crippen molar-refractivity contribution < 1.29 is 28.5 Å². The predicted molar refractivity (Wildman–Crippen MR) is 123 cm³/mol. The SMILES string of the molecule is CCOC(=O)c1ccc(Oc2cc(OC(C)COC)cc(C(=O)Nc3nc(C)ns3)c2)cc1. The summed E-state index contributed by atoms with van der Waals surface area (Å²) in [6, 6.07) is 11.4. The quantitative estimate of drug-likeness (QED) is 0.431. The Morgan fingerprint density at radius 2 is 1.79 bits per heavy atom. The van der Waals surface area contributed by atoms with E-state index in [4.69, 9.17) is 18.9 Å². The van der Waals surface area contributed by atoms with E-state index in [-0.39, 0.29) is 12.0 Å². The van der Waals surface area contributed by atoms with Gasteiger partial charge in [-0.25, -0.2) is 9.78 Å². The van der Waals surface area contributed by atoms with Crippen LogP contribution in [0.5, 0.6) is 17.2 Å². The first-order chi connectivity index (χ1) is 15.9. The summed E-state index contributed by atoms with van der Waals surface area (Å²) >= 11 is 1.10. The fourth-order valence-corrected chi connectivity index (χ4v) is 3.43. The summed E-state index contributed by atoms with van der Waals surface area (Å²) in [6.45, 7) is 6.03. The van der Waals surface area contributed by atoms with Crippen LogP contribution in [-0.2, 0) is 9.47 Å². The normalized spacial score (nSPS) is 11.5. The van der Waals surface area contributed by atoms with E-state index < -0.39 is 5.97 Å². The molecule has 3 aromatic rings. The zero-order valence-electron chi connectivity index (χ0n) is 18.8. The molecule has 1 unspecified atom stereocenters. The number of hydrogen-bond donors (Lipinski definition) is 1. The standard InChI is InChI=1S/C23H25N3O6S/c1-5-30-22(28)16-6-8-18(9-7-16)32-20-11-17(10-19(12-20)31-14(2)13-29-4)21(27)25-23-24-15(3)26-33-23/h6-12,14H,5,13H2,1-4H3,(H,24,25,26,27). The van der Waals surface area contributed by atoms with Gasteiger partial charge in [-0.1, -0.05) is 0 Å². The second kappa shape index (κ2) is 11.4. The summed E-state index contributed by atoms with van der Waals surface area (Å²) < 4.78 is 26.0. The van der Waals surface area contributed by atoms with E-state index in [1.807, 2.05) is 6.92 Å². The van der Waals surface area contributed by atoms with E-state index >= 15 is 0 Å². The van der Waals surface area contributed by atoms with Gasteiger partial charge in [-0.15, -0.1) is 0 Å². The van der Waals surface area contributed by atoms with Crippen molar-refractivity contribution in [2.24, 2.45) is 0 Å². The van der Waals surface area contributed by atoms with E-state index in [0.29, 0.717) is 52.5 Å². The number of anilines is 1. The highest BCUT2D eigenvalue weighted by atomic mass is 32.1. The van der Waals surface area contributed by atoms with E-state index in [1.54, 1.807) is 63.4 Å². The van der Waals surface area contributed by atoms with Crippen molar-refractivity contribution in [1.82, 2.24) is 9.36 Å². The number of amides is 1. The molecule has 1 amide bonds. The average Bonchev–Trinajstić information content (AvgIpc) is 3.18. The van der Waals surface area contributed by atoms with Crippen molar-refractivity contribution in [2.75, 3.05) is 25.6 Å². The van der Waals surface area contributed by atoms with Crippen molar-refractivity contribution >= 4 is 28.5 Å². The molecule has 3 rings (SSSR count). The molecule has 1 N–H and O–H groups in total. The molecule has 0 saturated heterocycles. The van der Waals surface area contributed by atoms with Crippen molar-refractivity contribution in [1.29, 1.82) is 0 Å². The van der Waals surface area contributed by atoms with Gasteiger partial charge < -0.3 is 18.9 Å². The van der Waals surface area contributed by atoms with Gasteiger partial charge in [-0.3, -0.25) is 10.1 Å². The maximum Gasteiger partial charge on any atom is 0.338 e. The van der Waals surface area contributed by atoms with E-state index in [0.717, 1.165) is 11.5 Å². The van der Waals surface area contributed by atoms with Crippen LogP contribution in [0.4, 0.5) is 5.13 Å². The molecule has 0 spiro atoms. The van der Waals surface area contributed by atoms with Crippen LogP contribution in [0, 0.1) is 6.92 Å². The molecule has 0 saturated carbocycles. The van der Waals surface area contributed by atoms with Crippen LogP contribution in [0.1, 0.15) is 40.4 Å². The Balaban J connectivity index is 1.83. The number of esters is 1. The Morgan fingerprint density at radius 3 is 2.42 bits per heavy atom. The third kappa shape index (κ3) is 6.99. The van der Waals surface area contributed by atoms with Gasteiger partial charge in [0.25, 0.3) is 5.91 Å². The number of aromatic nitrogens is 2. The van der Waals surface area contributed by atoms with Crippen LogP contribution >= 0.6 is 11.5 Å². The Bertz CT molecular complexity index is 1100. The van der Waals surface area contributed by atoms with Crippen LogP contribution in [0.3, 0.4) is 0 Å². The van der Waals surface area contributed by atoms with Crippen molar-refractivity contribution in [2.45, 2.75) is 26.9 Å². The van der Waals surface area contributed by atoms with Gasteiger partial charge >= 0.3 is 5.97 Å². The fraction of sp³-hybridized carbons (Fsp3) is 0.304. The van der Waals surface area contributed by atoms with Crippen LogP contribution in [0.15, 0.2) is 42.5 Å². The number of carbonyl (C=O) groups is 2. The second-order valence-corrected chi connectivity index (χ2v) is 7.78. The summed E-state index contributed by atoms with van der Waals surface area (Å²) in [5.41, 5.74) is 0.741. The van der Waals surface area contributed by atoms with Gasteiger partial charge in [0.15, 0.2) is 0 Å². The number of nitrogens with zero attached hydrogens (tertiary/aromatic N) is 2. The lowest BCUT2D eigenvalue weighted by atomic mass is 10.2. The van der Waals surface area contributed by atoms with Gasteiger partial charge in [0.1, 0.15) is 29.2 Å². The highest BCUT2D eigenvalue weighted by Gasteiger charge is 2.15. The lowest BCUT2D eigenvalue weighted by Crippen LogP contribution is -2.18. The van der Waals surface area contributed by atoms with Gasteiger partial charge in [-0.05, 0) is 57.2 Å². The molecular weight excluding hydrogens is 446 g/mol. The zero-order valence-corrected chi connectivity index (χ0v) is 19.6.